The summed E-state index contributed by atoms with van der Waals surface area (Å²) in [6, 6.07) is 11.1. The van der Waals surface area contributed by atoms with Crippen LogP contribution in [0.1, 0.15) is 32.1 Å². The van der Waals surface area contributed by atoms with Gasteiger partial charge < -0.3 is 10.0 Å². The normalized spacial score (nSPS) is 11.6. The fourth-order valence-corrected chi connectivity index (χ4v) is 4.56. The Bertz CT molecular complexity index is 844. The largest absolute Gasteiger partial charge is 0.481 e. The molecule has 1 N–H and O–H groups in total. The number of fused-ring (bicyclic) bond motifs is 1. The number of carboxylic acids is 1. The summed E-state index contributed by atoms with van der Waals surface area (Å²) in [6.45, 7) is 0. The van der Waals surface area contributed by atoms with Crippen LogP contribution in [0.5, 0.6) is 0 Å². The molecule has 0 aromatic heterocycles. The second-order valence-electron chi connectivity index (χ2n) is 6.40. The lowest BCUT2D eigenvalue weighted by molar-refractivity contribution is -0.137. The van der Waals surface area contributed by atoms with E-state index in [1.54, 1.807) is 12.1 Å². The predicted molar refractivity (Wildman–Crippen MR) is 101 cm³/mol. The molecule has 0 amide bonds. The lowest BCUT2D eigenvalue weighted by Gasteiger charge is -2.17. The van der Waals surface area contributed by atoms with Crippen molar-refractivity contribution >= 4 is 32.3 Å². The molecule has 5 nitrogen and oxygen atoms in total. The van der Waals surface area contributed by atoms with E-state index in [9.17, 15) is 13.2 Å². The number of hydrogen-bond donors (Lipinski definition) is 1. The molecular formula is C19H25NO4S. The Morgan fingerprint density at radius 2 is 1.60 bits per heavy atom. The zero-order valence-corrected chi connectivity index (χ0v) is 15.6. The van der Waals surface area contributed by atoms with E-state index in [1.807, 2.05) is 43.3 Å². The maximum atomic E-state index is 12.8. The van der Waals surface area contributed by atoms with Gasteiger partial charge in [-0.05, 0) is 25.0 Å². The number of hydrogen-bond acceptors (Lipinski definition) is 4. The van der Waals surface area contributed by atoms with Gasteiger partial charge in [0, 0.05) is 37.0 Å². The number of carboxylic acid groups (broad SMARTS) is 1. The van der Waals surface area contributed by atoms with Gasteiger partial charge in [-0.1, -0.05) is 37.1 Å². The topological polar surface area (TPSA) is 74.7 Å². The Morgan fingerprint density at radius 1 is 0.960 bits per heavy atom. The second kappa shape index (κ2) is 8.34. The highest BCUT2D eigenvalue weighted by molar-refractivity contribution is 7.91. The van der Waals surface area contributed by atoms with E-state index in [4.69, 9.17) is 5.11 Å². The Morgan fingerprint density at radius 3 is 2.28 bits per heavy atom. The van der Waals surface area contributed by atoms with Crippen molar-refractivity contribution in [1.82, 2.24) is 0 Å². The molecule has 2 aromatic carbocycles. The van der Waals surface area contributed by atoms with Crippen LogP contribution in [0.25, 0.3) is 10.8 Å². The summed E-state index contributed by atoms with van der Waals surface area (Å²) in [5, 5.41) is 10.3. The molecule has 0 heterocycles. The van der Waals surface area contributed by atoms with Gasteiger partial charge in [0.25, 0.3) is 0 Å². The van der Waals surface area contributed by atoms with Crippen LogP contribution in [0.4, 0.5) is 5.69 Å². The third-order valence-electron chi connectivity index (χ3n) is 4.23. The smallest absolute Gasteiger partial charge is 0.303 e. The Hall–Kier alpha value is -2.08. The minimum absolute atomic E-state index is 0.0887. The average molecular weight is 363 g/mol. The van der Waals surface area contributed by atoms with E-state index in [-0.39, 0.29) is 12.2 Å². The zero-order chi connectivity index (χ0) is 18.4. The number of anilines is 1. The van der Waals surface area contributed by atoms with E-state index >= 15 is 0 Å². The van der Waals surface area contributed by atoms with Crippen molar-refractivity contribution in [3.05, 3.63) is 36.4 Å². The first-order valence-corrected chi connectivity index (χ1v) is 10.1. The maximum absolute atomic E-state index is 12.8. The van der Waals surface area contributed by atoms with Gasteiger partial charge >= 0.3 is 5.97 Å². The molecular weight excluding hydrogens is 338 g/mol. The Kier molecular flexibility index (Phi) is 6.42. The van der Waals surface area contributed by atoms with Gasteiger partial charge in [0.2, 0.25) is 0 Å². The molecule has 25 heavy (non-hydrogen) atoms. The van der Waals surface area contributed by atoms with Crippen LogP contribution < -0.4 is 4.90 Å². The van der Waals surface area contributed by atoms with Crippen molar-refractivity contribution in [2.45, 2.75) is 37.0 Å². The predicted octanol–water partition coefficient (Wildman–Crippen LogP) is 3.71. The molecule has 0 radical (unpaired) electrons. The van der Waals surface area contributed by atoms with E-state index in [1.165, 1.54) is 0 Å². The van der Waals surface area contributed by atoms with Crippen molar-refractivity contribution in [3.63, 3.8) is 0 Å². The number of aliphatic carboxylic acids is 1. The first-order chi connectivity index (χ1) is 11.8. The van der Waals surface area contributed by atoms with Crippen LogP contribution in [0.15, 0.2) is 41.3 Å². The summed E-state index contributed by atoms with van der Waals surface area (Å²) in [5.74, 6) is -0.717. The molecule has 0 bridgehead atoms. The fraction of sp³-hybridized carbons (Fsp3) is 0.421. The van der Waals surface area contributed by atoms with E-state index in [2.05, 4.69) is 0 Å². The highest BCUT2D eigenvalue weighted by Crippen LogP contribution is 2.30. The van der Waals surface area contributed by atoms with Crippen LogP contribution >= 0.6 is 0 Å². The molecule has 0 spiro atoms. The standard InChI is InChI=1S/C19H25NO4S/c1-20(2)17-11-7-10-16-15(17)9-8-12-18(16)25(23,24)14-6-4-3-5-13-19(21)22/h7-12H,3-6,13-14H2,1-2H3,(H,21,22). The number of unbranched alkanes of at least 4 members (excludes halogenated alkanes) is 3. The number of rotatable bonds is 9. The number of carbonyl (C=O) groups is 1. The molecule has 0 aliphatic carbocycles. The average Bonchev–Trinajstić information content (AvgIpc) is 2.56. The molecule has 136 valence electrons. The highest BCUT2D eigenvalue weighted by Gasteiger charge is 2.18. The van der Waals surface area contributed by atoms with Crippen LogP contribution in [0.3, 0.4) is 0 Å². The van der Waals surface area contributed by atoms with Crippen LogP contribution in [0, 0.1) is 0 Å². The van der Waals surface area contributed by atoms with Crippen molar-refractivity contribution in [3.8, 4) is 0 Å². The molecule has 0 fully saturated rings. The zero-order valence-electron chi connectivity index (χ0n) is 14.7. The quantitative estimate of drug-likeness (QED) is 0.687. The molecule has 6 heteroatoms. The summed E-state index contributed by atoms with van der Waals surface area (Å²) < 4.78 is 25.5. The van der Waals surface area contributed by atoms with Gasteiger partial charge in [-0.2, -0.15) is 0 Å². The summed E-state index contributed by atoms with van der Waals surface area (Å²) >= 11 is 0. The van der Waals surface area contributed by atoms with Crippen LogP contribution in [-0.2, 0) is 14.6 Å². The second-order valence-corrected chi connectivity index (χ2v) is 8.48. The minimum Gasteiger partial charge on any atom is -0.481 e. The molecule has 0 aliphatic rings. The molecule has 0 unspecified atom stereocenters. The van der Waals surface area contributed by atoms with Crippen molar-refractivity contribution < 1.29 is 18.3 Å². The van der Waals surface area contributed by atoms with Crippen molar-refractivity contribution in [2.75, 3.05) is 24.7 Å². The highest BCUT2D eigenvalue weighted by atomic mass is 32.2. The third-order valence-corrected chi connectivity index (χ3v) is 6.08. The fourth-order valence-electron chi connectivity index (χ4n) is 2.96. The number of sulfone groups is 1. The van der Waals surface area contributed by atoms with Gasteiger partial charge in [0.1, 0.15) is 0 Å². The van der Waals surface area contributed by atoms with Crippen LogP contribution in [0.2, 0.25) is 0 Å². The third kappa shape index (κ3) is 4.95. The summed E-state index contributed by atoms with van der Waals surface area (Å²) in [6.07, 6.45) is 2.74. The molecule has 0 saturated heterocycles. The van der Waals surface area contributed by atoms with Crippen LogP contribution in [-0.4, -0.2) is 39.3 Å². The van der Waals surface area contributed by atoms with Gasteiger partial charge in [-0.3, -0.25) is 4.79 Å². The van der Waals surface area contributed by atoms with Gasteiger partial charge in [0.15, 0.2) is 9.84 Å². The Balaban J connectivity index is 2.14. The van der Waals surface area contributed by atoms with Crippen molar-refractivity contribution in [1.29, 1.82) is 0 Å². The maximum Gasteiger partial charge on any atom is 0.303 e. The first-order valence-electron chi connectivity index (χ1n) is 8.46. The van der Waals surface area contributed by atoms with Gasteiger partial charge in [-0.15, -0.1) is 0 Å². The number of benzene rings is 2. The summed E-state index contributed by atoms with van der Waals surface area (Å²) in [7, 11) is 0.507. The lowest BCUT2D eigenvalue weighted by Crippen LogP contribution is -2.11. The van der Waals surface area contributed by atoms with Crippen molar-refractivity contribution in [2.24, 2.45) is 0 Å². The monoisotopic (exact) mass is 363 g/mol. The molecule has 0 atom stereocenters. The van der Waals surface area contributed by atoms with E-state index in [0.29, 0.717) is 17.7 Å². The first kappa shape index (κ1) is 19.2. The lowest BCUT2D eigenvalue weighted by atomic mass is 10.1. The van der Waals surface area contributed by atoms with E-state index < -0.39 is 15.8 Å². The molecule has 2 aromatic rings. The number of nitrogens with zero attached hydrogens (tertiary/aromatic N) is 1. The SMILES string of the molecule is CN(C)c1cccc2c(S(=O)(=O)CCCCCCC(=O)O)cccc12. The molecule has 0 aliphatic heterocycles. The van der Waals surface area contributed by atoms with Gasteiger partial charge in [-0.25, -0.2) is 8.42 Å². The molecule has 0 saturated carbocycles. The van der Waals surface area contributed by atoms with E-state index in [0.717, 1.165) is 29.3 Å². The van der Waals surface area contributed by atoms with Gasteiger partial charge in [0.05, 0.1) is 10.6 Å². The summed E-state index contributed by atoms with van der Waals surface area (Å²) in [4.78, 5) is 12.8. The molecule has 2 rings (SSSR count). The minimum atomic E-state index is -3.37. The summed E-state index contributed by atoms with van der Waals surface area (Å²) in [5.41, 5.74) is 0.989. The Labute approximate surface area is 149 Å².